The number of aliphatic hydroxyl groups is 1. The number of halogens is 1. The van der Waals surface area contributed by atoms with Crippen LogP contribution in [-0.4, -0.2) is 166 Å². The maximum absolute atomic E-state index is 14.6. The Labute approximate surface area is 598 Å². The minimum absolute atomic E-state index is 0.0282. The van der Waals surface area contributed by atoms with Crippen molar-refractivity contribution in [1.29, 1.82) is 0 Å². The molecule has 0 saturated carbocycles. The van der Waals surface area contributed by atoms with E-state index in [9.17, 15) is 68.4 Å². The average molecular weight is 1470 g/mol. The van der Waals surface area contributed by atoms with Crippen molar-refractivity contribution in [3.8, 4) is 33.9 Å². The molecular weight excluding hydrogens is 1380 g/mol. The van der Waals surface area contributed by atoms with Crippen molar-refractivity contribution in [2.24, 2.45) is 11.7 Å². The number of hydrogen-bond acceptors (Lipinski definition) is 15. The zero-order valence-electron chi connectivity index (χ0n) is 56.9. The number of thiocarbonyl (C=S) groups is 1. The number of hydrogen-bond donors (Lipinski definition) is 14. The number of aliphatic hydroxyl groups excluding tert-OH is 1. The third-order valence-electron chi connectivity index (χ3n) is 16.5. The number of unbranched alkanes of at least 4 members (excludes halogenated alkanes) is 2. The molecule has 536 valence electrons. The van der Waals surface area contributed by atoms with Gasteiger partial charge in [-0.1, -0.05) is 78.3 Å². The van der Waals surface area contributed by atoms with E-state index in [0.29, 0.717) is 70.0 Å². The van der Waals surface area contributed by atoms with E-state index in [1.54, 1.807) is 92.7 Å². The van der Waals surface area contributed by atoms with E-state index < -0.39 is 102 Å². The molecule has 0 spiro atoms. The molecule has 1 aliphatic heterocycles. The lowest BCUT2D eigenvalue weighted by Crippen LogP contribution is -2.60. The smallest absolute Gasteiger partial charge is 0.336 e. The summed E-state index contributed by atoms with van der Waals surface area (Å²) >= 11 is 8.89. The lowest BCUT2D eigenvalue weighted by molar-refractivity contribution is -0.870. The molecule has 101 heavy (non-hydrogen) atoms. The van der Waals surface area contributed by atoms with Crippen molar-refractivity contribution in [3.05, 3.63) is 170 Å². The molecule has 1 heterocycles. The number of nitrogens with two attached hydrogens (primary N) is 1. The van der Waals surface area contributed by atoms with Crippen LogP contribution >= 0.6 is 28.1 Å². The molecule has 1 aliphatic carbocycles. The minimum atomic E-state index is -1.67. The number of carboxylic acids is 1. The first-order valence-electron chi connectivity index (χ1n) is 33.0. The van der Waals surface area contributed by atoms with Gasteiger partial charge in [-0.3, -0.25) is 43.2 Å². The van der Waals surface area contributed by atoms with Gasteiger partial charge in [-0.25, -0.2) is 4.79 Å². The minimum Gasteiger partial charge on any atom is -0.508 e. The van der Waals surface area contributed by atoms with Gasteiger partial charge in [0.05, 0.1) is 39.9 Å². The Bertz CT molecular complexity index is 4130. The molecule has 2 aliphatic rings. The average Bonchev–Trinajstić information content (AvgIpc) is 0.748. The van der Waals surface area contributed by atoms with Crippen LogP contribution in [0.15, 0.2) is 147 Å². The molecule has 5 aromatic carbocycles. The van der Waals surface area contributed by atoms with Crippen LogP contribution in [-0.2, 0) is 46.4 Å². The van der Waals surface area contributed by atoms with Crippen molar-refractivity contribution in [2.75, 3.05) is 46.2 Å². The highest BCUT2D eigenvalue weighted by Crippen LogP contribution is 2.42. The summed E-state index contributed by atoms with van der Waals surface area (Å²) in [7, 11) is 5.96. The highest BCUT2D eigenvalue weighted by Gasteiger charge is 2.35. The Morgan fingerprint density at radius 1 is 0.584 bits per heavy atom. The van der Waals surface area contributed by atoms with E-state index in [1.165, 1.54) is 61.5 Å². The van der Waals surface area contributed by atoms with Crippen LogP contribution in [0.1, 0.15) is 97.6 Å². The topological polar surface area (TPSA) is 399 Å². The fraction of sp³-hybridized carbons (Fsp3) is 0.356. The second-order valence-corrected chi connectivity index (χ2v) is 27.4. The van der Waals surface area contributed by atoms with Gasteiger partial charge in [0.1, 0.15) is 65.1 Å². The maximum atomic E-state index is 14.6. The predicted octanol–water partition coefficient (Wildman–Crippen LogP) is 5.51. The number of phenols is 2. The highest BCUT2D eigenvalue weighted by atomic mass is 79.9. The molecule has 7 atom stereocenters. The largest absolute Gasteiger partial charge is 0.508 e. The normalized spacial score (nSPS) is 13.4. The number of carboxylic acid groups (broad SMARTS) is 1. The molecule has 7 rings (SSSR count). The molecule has 0 saturated heterocycles. The van der Waals surface area contributed by atoms with Crippen LogP contribution in [0.4, 0.5) is 5.69 Å². The lowest BCUT2D eigenvalue weighted by atomic mass is 9.90. The maximum Gasteiger partial charge on any atom is 0.336 e. The first-order chi connectivity index (χ1) is 47.9. The Morgan fingerprint density at radius 3 is 1.80 bits per heavy atom. The van der Waals surface area contributed by atoms with Crippen molar-refractivity contribution < 1.29 is 72.5 Å². The summed E-state index contributed by atoms with van der Waals surface area (Å²) in [6.45, 7) is 4.97. The van der Waals surface area contributed by atoms with Crippen LogP contribution in [0.3, 0.4) is 0 Å². The van der Waals surface area contributed by atoms with Gasteiger partial charge in [-0.15, -0.1) is 0 Å². The number of phenolic OH excluding ortho intramolecular Hbond substituents is 2. The predicted molar refractivity (Wildman–Crippen MR) is 388 cm³/mol. The van der Waals surface area contributed by atoms with Gasteiger partial charge in [0.25, 0.3) is 5.91 Å². The van der Waals surface area contributed by atoms with Crippen molar-refractivity contribution in [1.82, 2.24) is 42.5 Å². The van der Waals surface area contributed by atoms with Crippen LogP contribution in [0.25, 0.3) is 33.4 Å². The summed E-state index contributed by atoms with van der Waals surface area (Å²) in [5, 5.41) is 66.7. The van der Waals surface area contributed by atoms with Crippen LogP contribution in [0.2, 0.25) is 0 Å². The second-order valence-electron chi connectivity index (χ2n) is 26.1. The standard InChI is InChI=1S/C73H86BrN11O15S/c1-41(2)34-57(69(95)79-55(64(75)90)16-10-12-32-76-73(101)78-47-24-29-51(54(37-47)72(98)99)63-52-30-27-49(88)38-61(52)100-62-39-50(89)28-31-53(62)63)83-71(97)60(40-86)84-67(93)56(17-11-13-33-85(4,5)6)80-70(96)59(36-44-18-25-48(87)26-19-44)81-65(91)42(3)77-68(94)58(35-43-14-8-7-9-15-43)82-66(92)45-20-22-46(74)23-21-45/h7-9,14-15,18-31,37-39,41-42,55-60,86H,10-13,16-17,32-36,40H2,1-6H3,(H13-,75,76,77,78,79,80,81,82,83,84,87,88,89,90,91,92,93,94,95,96,97,98,99,101)/p+1/t42-,55-,56-,57-,58-,59-,60-/m0/s1. The summed E-state index contributed by atoms with van der Waals surface area (Å²) in [5.74, 6) is -7.81. The van der Waals surface area contributed by atoms with Gasteiger partial charge in [-0.2, -0.15) is 0 Å². The van der Waals surface area contributed by atoms with Crippen molar-refractivity contribution in [2.45, 2.75) is 121 Å². The summed E-state index contributed by atoms with van der Waals surface area (Å²) in [5.41, 5.74) is 8.67. The molecule has 26 nitrogen and oxygen atoms in total. The number of nitrogens with zero attached hydrogens (tertiary/aromatic N) is 1. The zero-order valence-corrected chi connectivity index (χ0v) is 59.3. The number of carbonyl (C=O) groups is 9. The number of aromatic carboxylic acids is 1. The number of primary amides is 1. The number of amides is 8. The number of quaternary nitrogens is 1. The van der Waals surface area contributed by atoms with Gasteiger partial charge in [0.15, 0.2) is 10.5 Å². The number of anilines is 1. The van der Waals surface area contributed by atoms with Crippen LogP contribution in [0.5, 0.6) is 11.5 Å². The summed E-state index contributed by atoms with van der Waals surface area (Å²) < 4.78 is 7.25. The molecule has 0 radical (unpaired) electrons. The quantitative estimate of drug-likeness (QED) is 0.0101. The number of nitrogens with one attached hydrogen (secondary N) is 9. The monoisotopic (exact) mass is 1470 g/mol. The SMILES string of the molecule is CC(C)C[C@H](NC(=O)[C@H](CO)NC(=O)[C@H](CCCC[N+](C)(C)C)NC(=O)[C@H](Cc1ccc(O)cc1)NC(=O)[C@H](C)NC(=O)[C@H](Cc1ccccc1)NC(=O)c1ccc(Br)cc1)C(=O)N[C@@H](CCCCNC(=S)Nc1ccc(-c2c3ccc(=O)cc-3oc3cc(O)ccc23)c(C(=O)O)c1)C(N)=O. The molecule has 15 N–H and O–H groups in total. The molecule has 8 amide bonds. The van der Waals surface area contributed by atoms with E-state index in [0.717, 1.165) is 10.0 Å². The lowest BCUT2D eigenvalue weighted by Gasteiger charge is -2.28. The van der Waals surface area contributed by atoms with Crippen molar-refractivity contribution in [3.63, 3.8) is 0 Å². The van der Waals surface area contributed by atoms with E-state index in [2.05, 4.69) is 63.8 Å². The van der Waals surface area contributed by atoms with E-state index in [1.807, 2.05) is 21.1 Å². The second kappa shape index (κ2) is 36.7. The molecule has 0 bridgehead atoms. The zero-order chi connectivity index (χ0) is 73.7. The van der Waals surface area contributed by atoms with Gasteiger partial charge in [-0.05, 0) is 159 Å². The fourth-order valence-electron chi connectivity index (χ4n) is 11.1. The summed E-state index contributed by atoms with van der Waals surface area (Å²) in [6.07, 6.45) is 1.76. The number of fused-ring (bicyclic) bond motifs is 2. The van der Waals surface area contributed by atoms with E-state index in [4.69, 9.17) is 22.4 Å². The van der Waals surface area contributed by atoms with Gasteiger partial charge >= 0.3 is 5.97 Å². The van der Waals surface area contributed by atoms with Crippen molar-refractivity contribution >= 4 is 103 Å². The number of rotatable bonds is 35. The molecule has 5 aromatic rings. The number of carbonyl (C=O) groups excluding carboxylic acids is 8. The van der Waals surface area contributed by atoms with E-state index in [-0.39, 0.29) is 89.1 Å². The Morgan fingerprint density at radius 2 is 1.15 bits per heavy atom. The number of aromatic hydroxyl groups is 2. The Hall–Kier alpha value is -10.3. The molecular formula is C73H87BrN11O15S+. The Kier molecular flexibility index (Phi) is 28.4. The Balaban J connectivity index is 0.972. The van der Waals surface area contributed by atoms with Crippen LogP contribution in [0, 0.1) is 5.92 Å². The molecule has 0 fully saturated rings. The molecule has 0 aromatic heterocycles. The fourth-order valence-corrected chi connectivity index (χ4v) is 11.6. The van der Waals surface area contributed by atoms with Gasteiger partial charge in [0, 0.05) is 63.8 Å². The summed E-state index contributed by atoms with van der Waals surface area (Å²) in [6, 6.07) is 25.1. The van der Waals surface area contributed by atoms with E-state index >= 15 is 0 Å². The first-order valence-corrected chi connectivity index (χ1v) is 34.2. The highest BCUT2D eigenvalue weighted by molar-refractivity contribution is 9.10. The summed E-state index contributed by atoms with van der Waals surface area (Å²) in [4.78, 5) is 137. The van der Waals surface area contributed by atoms with Gasteiger partial charge < -0.3 is 82.9 Å². The molecule has 0 unspecified atom stereocenters. The van der Waals surface area contributed by atoms with Crippen LogP contribution < -0.4 is 59.0 Å². The first kappa shape index (κ1) is 78.1. The third kappa shape index (κ3) is 23.7. The number of benzene rings is 6. The molecule has 28 heteroatoms. The van der Waals surface area contributed by atoms with Gasteiger partial charge in [0.2, 0.25) is 41.4 Å². The third-order valence-corrected chi connectivity index (χ3v) is 17.2.